The summed E-state index contributed by atoms with van der Waals surface area (Å²) < 4.78 is 37.6. The minimum absolute atomic E-state index is 0.0219. The van der Waals surface area contributed by atoms with Gasteiger partial charge in [0, 0.05) is 30.0 Å². The normalized spacial score (nSPS) is 16.1. The molecule has 1 fully saturated rings. The SMILES string of the molecule is O=C(CCc1ccccc1Br)N1CCC(NC(=O)C(F)(F)F)CC1. The minimum atomic E-state index is -4.87. The number of nitrogens with one attached hydrogen (secondary N) is 1. The number of carbonyl (C=O) groups is 2. The average Bonchev–Trinajstić information content (AvgIpc) is 2.53. The molecule has 1 aromatic rings. The van der Waals surface area contributed by atoms with Crippen molar-refractivity contribution in [2.24, 2.45) is 0 Å². The Bertz CT molecular complexity index is 599. The molecule has 0 unspecified atom stereocenters. The summed E-state index contributed by atoms with van der Waals surface area (Å²) in [6.07, 6.45) is -3.24. The first-order valence-corrected chi connectivity index (χ1v) is 8.45. The molecule has 0 radical (unpaired) electrons. The molecule has 0 atom stereocenters. The summed E-state index contributed by atoms with van der Waals surface area (Å²) in [5.74, 6) is -1.94. The van der Waals surface area contributed by atoms with Crippen LogP contribution in [0.4, 0.5) is 13.2 Å². The molecule has 1 aliphatic heterocycles. The number of piperidine rings is 1. The van der Waals surface area contributed by atoms with Gasteiger partial charge in [0.2, 0.25) is 5.91 Å². The number of carbonyl (C=O) groups excluding carboxylic acids is 2. The molecular formula is C16H18BrF3N2O2. The van der Waals surface area contributed by atoms with Crippen LogP contribution >= 0.6 is 15.9 Å². The molecule has 0 saturated carbocycles. The third-order valence-electron chi connectivity index (χ3n) is 4.01. The minimum Gasteiger partial charge on any atom is -0.345 e. The number of benzene rings is 1. The molecule has 0 aromatic heterocycles. The van der Waals surface area contributed by atoms with E-state index in [0.717, 1.165) is 10.0 Å². The zero-order valence-electron chi connectivity index (χ0n) is 12.9. The van der Waals surface area contributed by atoms with Gasteiger partial charge < -0.3 is 10.2 Å². The molecule has 1 N–H and O–H groups in total. The van der Waals surface area contributed by atoms with Crippen LogP contribution in [0, 0.1) is 0 Å². The summed E-state index contributed by atoms with van der Waals surface area (Å²) >= 11 is 3.43. The summed E-state index contributed by atoms with van der Waals surface area (Å²) in [6, 6.07) is 7.12. The third-order valence-corrected chi connectivity index (χ3v) is 4.78. The molecule has 1 aromatic carbocycles. The topological polar surface area (TPSA) is 49.4 Å². The fourth-order valence-corrected chi connectivity index (χ4v) is 3.12. The maximum Gasteiger partial charge on any atom is 0.471 e. The monoisotopic (exact) mass is 406 g/mol. The van der Waals surface area contributed by atoms with Crippen molar-refractivity contribution in [2.45, 2.75) is 37.9 Å². The molecule has 1 saturated heterocycles. The molecule has 24 heavy (non-hydrogen) atoms. The lowest BCUT2D eigenvalue weighted by Crippen LogP contribution is -2.49. The molecule has 2 amide bonds. The van der Waals surface area contributed by atoms with Crippen LogP contribution in [0.25, 0.3) is 0 Å². The number of aryl methyl sites for hydroxylation is 1. The molecule has 0 aliphatic carbocycles. The molecule has 4 nitrogen and oxygen atoms in total. The molecule has 0 bridgehead atoms. The van der Waals surface area contributed by atoms with Gasteiger partial charge in [0.1, 0.15) is 0 Å². The van der Waals surface area contributed by atoms with Crippen molar-refractivity contribution in [3.05, 3.63) is 34.3 Å². The van der Waals surface area contributed by atoms with Crippen molar-refractivity contribution >= 4 is 27.7 Å². The lowest BCUT2D eigenvalue weighted by molar-refractivity contribution is -0.174. The Balaban J connectivity index is 1.77. The van der Waals surface area contributed by atoms with Crippen molar-refractivity contribution < 1.29 is 22.8 Å². The van der Waals surface area contributed by atoms with E-state index in [-0.39, 0.29) is 5.91 Å². The first kappa shape index (κ1) is 18.8. The van der Waals surface area contributed by atoms with Crippen LogP contribution in [0.3, 0.4) is 0 Å². The van der Waals surface area contributed by atoms with Gasteiger partial charge in [-0.1, -0.05) is 34.1 Å². The molecule has 132 valence electrons. The third kappa shape index (κ3) is 5.22. The van der Waals surface area contributed by atoms with Crippen LogP contribution < -0.4 is 5.32 Å². The average molecular weight is 407 g/mol. The number of alkyl halides is 3. The summed E-state index contributed by atoms with van der Waals surface area (Å²) in [5, 5.41) is 1.98. The number of nitrogens with zero attached hydrogens (tertiary/aromatic N) is 1. The van der Waals surface area contributed by atoms with E-state index in [1.54, 1.807) is 4.90 Å². The first-order chi connectivity index (χ1) is 11.3. The van der Waals surface area contributed by atoms with E-state index in [1.807, 2.05) is 29.6 Å². The van der Waals surface area contributed by atoms with Crippen LogP contribution in [0.15, 0.2) is 28.7 Å². The number of hydrogen-bond acceptors (Lipinski definition) is 2. The van der Waals surface area contributed by atoms with Crippen molar-refractivity contribution in [1.29, 1.82) is 0 Å². The fraction of sp³-hybridized carbons (Fsp3) is 0.500. The van der Waals surface area contributed by atoms with E-state index in [0.29, 0.717) is 38.8 Å². The molecule has 2 rings (SSSR count). The smallest absolute Gasteiger partial charge is 0.345 e. The predicted molar refractivity (Wildman–Crippen MR) is 86.3 cm³/mol. The number of halogens is 4. The van der Waals surface area contributed by atoms with Crippen molar-refractivity contribution in [2.75, 3.05) is 13.1 Å². The van der Waals surface area contributed by atoms with Gasteiger partial charge in [-0.25, -0.2) is 0 Å². The van der Waals surface area contributed by atoms with E-state index in [4.69, 9.17) is 0 Å². The van der Waals surface area contributed by atoms with Crippen molar-refractivity contribution in [3.8, 4) is 0 Å². The van der Waals surface area contributed by atoms with Crippen LogP contribution in [-0.4, -0.2) is 42.0 Å². The molecular weight excluding hydrogens is 389 g/mol. The van der Waals surface area contributed by atoms with E-state index in [1.165, 1.54) is 0 Å². The largest absolute Gasteiger partial charge is 0.471 e. The van der Waals surface area contributed by atoms with E-state index >= 15 is 0 Å². The standard InChI is InChI=1S/C16H18BrF3N2O2/c17-13-4-2-1-3-11(13)5-6-14(23)22-9-7-12(8-10-22)21-15(24)16(18,19)20/h1-4,12H,5-10H2,(H,21,24). The van der Waals surface area contributed by atoms with Gasteiger partial charge in [-0.05, 0) is 30.9 Å². The van der Waals surface area contributed by atoms with Gasteiger partial charge in [-0.3, -0.25) is 9.59 Å². The Morgan fingerprint density at radius 3 is 2.42 bits per heavy atom. The van der Waals surface area contributed by atoms with Gasteiger partial charge in [0.25, 0.3) is 0 Å². The summed E-state index contributed by atoms with van der Waals surface area (Å²) in [5.41, 5.74) is 1.04. The molecule has 1 aliphatic rings. The second-order valence-electron chi connectivity index (χ2n) is 5.72. The highest BCUT2D eigenvalue weighted by Crippen LogP contribution is 2.20. The number of rotatable bonds is 4. The van der Waals surface area contributed by atoms with Gasteiger partial charge in [0.15, 0.2) is 0 Å². The van der Waals surface area contributed by atoms with Crippen molar-refractivity contribution in [1.82, 2.24) is 10.2 Å². The van der Waals surface area contributed by atoms with Crippen LogP contribution in [0.1, 0.15) is 24.8 Å². The Morgan fingerprint density at radius 2 is 1.83 bits per heavy atom. The second kappa shape index (κ2) is 8.00. The van der Waals surface area contributed by atoms with Crippen LogP contribution in [0.5, 0.6) is 0 Å². The number of amides is 2. The second-order valence-corrected chi connectivity index (χ2v) is 6.57. The zero-order chi connectivity index (χ0) is 17.7. The lowest BCUT2D eigenvalue weighted by atomic mass is 10.0. The maximum atomic E-state index is 12.2. The Labute approximate surface area is 146 Å². The van der Waals surface area contributed by atoms with Gasteiger partial charge in [0.05, 0.1) is 0 Å². The molecule has 8 heteroatoms. The zero-order valence-corrected chi connectivity index (χ0v) is 14.5. The number of hydrogen-bond donors (Lipinski definition) is 1. The van der Waals surface area contributed by atoms with Crippen molar-refractivity contribution in [3.63, 3.8) is 0 Å². The van der Waals surface area contributed by atoms with Gasteiger partial charge >= 0.3 is 12.1 Å². The fourth-order valence-electron chi connectivity index (χ4n) is 2.64. The van der Waals surface area contributed by atoms with Crippen LogP contribution in [-0.2, 0) is 16.0 Å². The Hall–Kier alpha value is -1.57. The molecule has 1 heterocycles. The quantitative estimate of drug-likeness (QED) is 0.835. The molecule has 0 spiro atoms. The predicted octanol–water partition coefficient (Wildman–Crippen LogP) is 3.05. The van der Waals surface area contributed by atoms with Gasteiger partial charge in [-0.2, -0.15) is 13.2 Å². The van der Waals surface area contributed by atoms with E-state index in [9.17, 15) is 22.8 Å². The van der Waals surface area contributed by atoms with E-state index in [2.05, 4.69) is 15.9 Å². The highest BCUT2D eigenvalue weighted by Gasteiger charge is 2.40. The maximum absolute atomic E-state index is 12.2. The Kier molecular flexibility index (Phi) is 6.26. The number of likely N-dealkylation sites (tertiary alicyclic amines) is 1. The lowest BCUT2D eigenvalue weighted by Gasteiger charge is -2.32. The highest BCUT2D eigenvalue weighted by molar-refractivity contribution is 9.10. The van der Waals surface area contributed by atoms with Gasteiger partial charge in [-0.15, -0.1) is 0 Å². The summed E-state index contributed by atoms with van der Waals surface area (Å²) in [4.78, 5) is 24.8. The van der Waals surface area contributed by atoms with E-state index < -0.39 is 18.1 Å². The van der Waals surface area contributed by atoms with Crippen LogP contribution in [0.2, 0.25) is 0 Å². The summed E-state index contributed by atoms with van der Waals surface area (Å²) in [7, 11) is 0. The first-order valence-electron chi connectivity index (χ1n) is 7.66. The Morgan fingerprint density at radius 1 is 1.21 bits per heavy atom. The highest BCUT2D eigenvalue weighted by atomic mass is 79.9. The summed E-state index contributed by atoms with van der Waals surface area (Å²) in [6.45, 7) is 0.717.